The number of carbonyl (C=O) groups is 1. The quantitative estimate of drug-likeness (QED) is 0.285. The smallest absolute Gasteiger partial charge is 0.252 e. The van der Waals surface area contributed by atoms with Gasteiger partial charge >= 0.3 is 0 Å². The summed E-state index contributed by atoms with van der Waals surface area (Å²) in [6.07, 6.45) is -1.08. The van der Waals surface area contributed by atoms with Gasteiger partial charge in [0.05, 0.1) is 10.7 Å². The van der Waals surface area contributed by atoms with Gasteiger partial charge in [0, 0.05) is 10.0 Å². The van der Waals surface area contributed by atoms with Gasteiger partial charge in [0.2, 0.25) is 3.79 Å². The molecular weight excluding hydrogens is 504 g/mol. The summed E-state index contributed by atoms with van der Waals surface area (Å²) in [4.78, 5) is 12.4. The maximum Gasteiger partial charge on any atom is 0.252 e. The minimum Gasteiger partial charge on any atom is -0.339 e. The predicted molar refractivity (Wildman–Crippen MR) is 116 cm³/mol. The number of thiocarbonyl (C=S) groups is 1. The standard InChI is InChI=1S/C16H12BrCl4N3OS/c17-10-7-5-9(6-8-10)13(25)23-14(16(19,20)21)24-15(26)22-12-4-2-1-3-11(12)18/h1-8,14H,(H,23,25)(H2,22,24,26). The van der Waals surface area contributed by atoms with Crippen LogP contribution in [-0.4, -0.2) is 21.0 Å². The van der Waals surface area contributed by atoms with Gasteiger partial charge in [0.1, 0.15) is 6.17 Å². The molecule has 0 aliphatic rings. The van der Waals surface area contributed by atoms with E-state index in [2.05, 4.69) is 31.9 Å². The molecule has 0 spiro atoms. The molecule has 10 heteroatoms. The Hall–Kier alpha value is -0.760. The number of rotatable bonds is 4. The normalized spacial score (nSPS) is 12.2. The second kappa shape index (κ2) is 9.44. The highest BCUT2D eigenvalue weighted by Gasteiger charge is 2.35. The number of para-hydroxylation sites is 1. The highest BCUT2D eigenvalue weighted by molar-refractivity contribution is 9.10. The third-order valence-electron chi connectivity index (χ3n) is 3.11. The molecule has 0 aliphatic carbocycles. The Kier molecular flexibility index (Phi) is 7.82. The summed E-state index contributed by atoms with van der Waals surface area (Å²) in [5.41, 5.74) is 0.980. The first-order valence-corrected chi connectivity index (χ1v) is 9.83. The Balaban J connectivity index is 2.07. The molecule has 0 bridgehead atoms. The molecule has 0 radical (unpaired) electrons. The van der Waals surface area contributed by atoms with Crippen molar-refractivity contribution in [2.45, 2.75) is 9.96 Å². The molecule has 0 aromatic heterocycles. The minimum atomic E-state index is -1.85. The van der Waals surface area contributed by atoms with Crippen LogP contribution in [0.3, 0.4) is 0 Å². The van der Waals surface area contributed by atoms with E-state index >= 15 is 0 Å². The Morgan fingerprint density at radius 3 is 2.23 bits per heavy atom. The van der Waals surface area contributed by atoms with E-state index in [1.165, 1.54) is 0 Å². The molecule has 1 unspecified atom stereocenters. The van der Waals surface area contributed by atoms with Gasteiger partial charge in [-0.3, -0.25) is 4.79 Å². The van der Waals surface area contributed by atoms with Crippen LogP contribution in [0.1, 0.15) is 10.4 Å². The second-order valence-electron chi connectivity index (χ2n) is 5.03. The topological polar surface area (TPSA) is 53.2 Å². The van der Waals surface area contributed by atoms with Crippen LogP contribution in [0.4, 0.5) is 5.69 Å². The Bertz CT molecular complexity index is 799. The summed E-state index contributed by atoms with van der Waals surface area (Å²) < 4.78 is -1.01. The first kappa shape index (κ1) is 21.5. The van der Waals surface area contributed by atoms with E-state index in [4.69, 9.17) is 58.6 Å². The van der Waals surface area contributed by atoms with Crippen LogP contribution < -0.4 is 16.0 Å². The summed E-state index contributed by atoms with van der Waals surface area (Å²) in [7, 11) is 0. The van der Waals surface area contributed by atoms with Crippen molar-refractivity contribution in [3.05, 3.63) is 63.6 Å². The largest absolute Gasteiger partial charge is 0.339 e. The summed E-state index contributed by atoms with van der Waals surface area (Å²) in [6, 6.07) is 13.7. The molecule has 138 valence electrons. The molecule has 2 rings (SSSR count). The fraction of sp³-hybridized carbons (Fsp3) is 0.125. The molecule has 0 fully saturated rings. The lowest BCUT2D eigenvalue weighted by atomic mass is 10.2. The highest BCUT2D eigenvalue weighted by atomic mass is 79.9. The monoisotopic (exact) mass is 513 g/mol. The zero-order valence-electron chi connectivity index (χ0n) is 12.9. The number of hydrogen-bond acceptors (Lipinski definition) is 2. The van der Waals surface area contributed by atoms with Gasteiger partial charge in [-0.2, -0.15) is 0 Å². The lowest BCUT2D eigenvalue weighted by molar-refractivity contribution is 0.0934. The number of benzene rings is 2. The summed E-state index contributed by atoms with van der Waals surface area (Å²) >= 11 is 32.5. The molecule has 0 aliphatic heterocycles. The third-order valence-corrected chi connectivity index (χ3v) is 4.84. The second-order valence-corrected chi connectivity index (χ2v) is 9.13. The Labute approximate surface area is 184 Å². The van der Waals surface area contributed by atoms with Crippen molar-refractivity contribution in [2.24, 2.45) is 0 Å². The van der Waals surface area contributed by atoms with Crippen molar-refractivity contribution in [2.75, 3.05) is 5.32 Å². The van der Waals surface area contributed by atoms with Crippen LogP contribution in [0.5, 0.6) is 0 Å². The number of anilines is 1. The van der Waals surface area contributed by atoms with E-state index < -0.39 is 15.9 Å². The van der Waals surface area contributed by atoms with E-state index in [0.717, 1.165) is 4.47 Å². The predicted octanol–water partition coefficient (Wildman–Crippen LogP) is 5.52. The Morgan fingerprint density at radius 2 is 1.65 bits per heavy atom. The molecule has 0 saturated carbocycles. The van der Waals surface area contributed by atoms with Crippen molar-refractivity contribution >= 4 is 91.3 Å². The summed E-state index contributed by atoms with van der Waals surface area (Å²) in [6.45, 7) is 0. The molecule has 2 aromatic carbocycles. The van der Waals surface area contributed by atoms with Crippen molar-refractivity contribution < 1.29 is 4.79 Å². The van der Waals surface area contributed by atoms with Gasteiger partial charge < -0.3 is 16.0 Å². The minimum absolute atomic E-state index is 0.130. The van der Waals surface area contributed by atoms with E-state index in [0.29, 0.717) is 16.3 Å². The van der Waals surface area contributed by atoms with Crippen LogP contribution in [0.2, 0.25) is 5.02 Å². The van der Waals surface area contributed by atoms with E-state index in [1.807, 2.05) is 0 Å². The summed E-state index contributed by atoms with van der Waals surface area (Å²) in [5, 5.41) is 8.86. The molecule has 3 N–H and O–H groups in total. The number of alkyl halides is 3. The van der Waals surface area contributed by atoms with Crippen LogP contribution in [0.25, 0.3) is 0 Å². The van der Waals surface area contributed by atoms with Gasteiger partial charge in [-0.05, 0) is 48.6 Å². The molecule has 0 saturated heterocycles. The SMILES string of the molecule is O=C(NC(NC(=S)Nc1ccccc1Cl)C(Cl)(Cl)Cl)c1ccc(Br)cc1. The van der Waals surface area contributed by atoms with Crippen LogP contribution in [0.15, 0.2) is 53.0 Å². The van der Waals surface area contributed by atoms with Crippen LogP contribution >= 0.6 is 74.6 Å². The molecule has 4 nitrogen and oxygen atoms in total. The fourth-order valence-corrected chi connectivity index (χ4v) is 2.87. The Morgan fingerprint density at radius 1 is 1.04 bits per heavy atom. The number of halogens is 5. The van der Waals surface area contributed by atoms with Gasteiger partial charge in [-0.25, -0.2) is 0 Å². The van der Waals surface area contributed by atoms with Crippen molar-refractivity contribution in [3.63, 3.8) is 0 Å². The zero-order chi connectivity index (χ0) is 19.3. The number of nitrogens with one attached hydrogen (secondary N) is 3. The average molecular weight is 516 g/mol. The van der Waals surface area contributed by atoms with Crippen LogP contribution in [-0.2, 0) is 0 Å². The average Bonchev–Trinajstić information content (AvgIpc) is 2.56. The van der Waals surface area contributed by atoms with E-state index in [9.17, 15) is 4.79 Å². The highest BCUT2D eigenvalue weighted by Crippen LogP contribution is 2.29. The number of amides is 1. The molecule has 1 amide bonds. The van der Waals surface area contributed by atoms with Crippen molar-refractivity contribution in [1.29, 1.82) is 0 Å². The maximum absolute atomic E-state index is 12.4. The lowest BCUT2D eigenvalue weighted by Crippen LogP contribution is -2.56. The van der Waals surface area contributed by atoms with Gasteiger partial charge in [0.15, 0.2) is 5.11 Å². The van der Waals surface area contributed by atoms with Gasteiger partial charge in [0.25, 0.3) is 5.91 Å². The summed E-state index contributed by atoms with van der Waals surface area (Å²) in [5.74, 6) is -0.429. The van der Waals surface area contributed by atoms with Gasteiger partial charge in [-0.1, -0.05) is 74.5 Å². The molecule has 26 heavy (non-hydrogen) atoms. The first-order chi connectivity index (χ1) is 12.2. The molecule has 1 atom stereocenters. The van der Waals surface area contributed by atoms with Gasteiger partial charge in [-0.15, -0.1) is 0 Å². The van der Waals surface area contributed by atoms with E-state index in [1.54, 1.807) is 48.5 Å². The van der Waals surface area contributed by atoms with Crippen molar-refractivity contribution in [3.8, 4) is 0 Å². The number of hydrogen-bond donors (Lipinski definition) is 3. The first-order valence-electron chi connectivity index (χ1n) is 7.12. The van der Waals surface area contributed by atoms with E-state index in [-0.39, 0.29) is 5.11 Å². The number of carbonyl (C=O) groups excluding carboxylic acids is 1. The van der Waals surface area contributed by atoms with Crippen molar-refractivity contribution in [1.82, 2.24) is 10.6 Å². The fourth-order valence-electron chi connectivity index (χ4n) is 1.87. The zero-order valence-corrected chi connectivity index (χ0v) is 18.3. The lowest BCUT2D eigenvalue weighted by Gasteiger charge is -2.28. The maximum atomic E-state index is 12.4. The van der Waals surface area contributed by atoms with Crippen LogP contribution in [0, 0.1) is 0 Å². The third kappa shape index (κ3) is 6.44. The molecular formula is C16H12BrCl4N3OS. The molecule has 2 aromatic rings. The molecule has 0 heterocycles.